The summed E-state index contributed by atoms with van der Waals surface area (Å²) < 4.78 is 74.8. The topological polar surface area (TPSA) is 67.3 Å². The number of carbonyl (C=O) groups is 1. The zero-order chi connectivity index (χ0) is 25.2. The van der Waals surface area contributed by atoms with E-state index in [2.05, 4.69) is 15.3 Å². The van der Waals surface area contributed by atoms with Crippen molar-refractivity contribution in [1.29, 1.82) is 0 Å². The van der Waals surface area contributed by atoms with Crippen molar-refractivity contribution in [3.8, 4) is 11.5 Å². The van der Waals surface area contributed by atoms with Gasteiger partial charge in [0, 0.05) is 44.0 Å². The van der Waals surface area contributed by atoms with Gasteiger partial charge in [0.25, 0.3) is 5.92 Å². The van der Waals surface area contributed by atoms with Crippen LogP contribution in [0.3, 0.4) is 0 Å². The molecule has 11 heteroatoms. The molecule has 0 radical (unpaired) electrons. The van der Waals surface area contributed by atoms with Gasteiger partial charge in [-0.25, -0.2) is 26.9 Å². The van der Waals surface area contributed by atoms with E-state index >= 15 is 0 Å². The fraction of sp³-hybridized carbons (Fsp3) is 0.292. The van der Waals surface area contributed by atoms with Crippen molar-refractivity contribution in [3.05, 3.63) is 78.0 Å². The second-order valence-corrected chi connectivity index (χ2v) is 8.18. The molecule has 2 aromatic heterocycles. The van der Waals surface area contributed by atoms with Gasteiger partial charge in [-0.2, -0.15) is 0 Å². The van der Waals surface area contributed by atoms with E-state index in [1.54, 1.807) is 24.0 Å². The fourth-order valence-corrected chi connectivity index (χ4v) is 3.88. The van der Waals surface area contributed by atoms with Crippen LogP contribution < -0.4 is 10.1 Å². The molecule has 1 aliphatic heterocycles. The lowest BCUT2D eigenvalue weighted by Gasteiger charge is -2.40. The van der Waals surface area contributed by atoms with E-state index < -0.39 is 53.4 Å². The predicted molar refractivity (Wildman–Crippen MR) is 117 cm³/mol. The maximum Gasteiger partial charge on any atom is 0.257 e. The first-order valence-electron chi connectivity index (χ1n) is 10.7. The zero-order valence-corrected chi connectivity index (χ0v) is 18.5. The van der Waals surface area contributed by atoms with Gasteiger partial charge in [0.2, 0.25) is 5.91 Å². The lowest BCUT2D eigenvalue weighted by molar-refractivity contribution is -0.125. The smallest absolute Gasteiger partial charge is 0.257 e. The first kappa shape index (κ1) is 24.5. The minimum absolute atomic E-state index is 0.0133. The van der Waals surface area contributed by atoms with Gasteiger partial charge < -0.3 is 10.1 Å². The average Bonchev–Trinajstić information content (AvgIpc) is 2.82. The van der Waals surface area contributed by atoms with Crippen molar-refractivity contribution in [2.75, 3.05) is 18.4 Å². The summed E-state index contributed by atoms with van der Waals surface area (Å²) in [5.74, 6) is -8.66. The molecule has 1 N–H and O–H groups in total. The van der Waals surface area contributed by atoms with Crippen LogP contribution in [0.2, 0.25) is 0 Å². The molecule has 3 aromatic rings. The van der Waals surface area contributed by atoms with Crippen LogP contribution in [0.5, 0.6) is 11.5 Å². The molecule has 35 heavy (non-hydrogen) atoms. The normalized spacial score (nSPS) is 18.6. The minimum atomic E-state index is -2.91. The molecular formula is C24H21F5N4O2. The molecule has 0 saturated carbocycles. The van der Waals surface area contributed by atoms with Crippen LogP contribution in [-0.2, 0) is 4.79 Å². The summed E-state index contributed by atoms with van der Waals surface area (Å²) in [7, 11) is 0. The lowest BCUT2D eigenvalue weighted by Crippen LogP contribution is -2.52. The number of hydrogen-bond donors (Lipinski definition) is 1. The van der Waals surface area contributed by atoms with E-state index in [9.17, 15) is 26.7 Å². The van der Waals surface area contributed by atoms with Gasteiger partial charge in [0.05, 0.1) is 18.2 Å². The van der Waals surface area contributed by atoms with Gasteiger partial charge in [-0.1, -0.05) is 0 Å². The number of amides is 1. The van der Waals surface area contributed by atoms with Crippen molar-refractivity contribution in [2.45, 2.75) is 31.2 Å². The monoisotopic (exact) mass is 492 g/mol. The lowest BCUT2D eigenvalue weighted by atomic mass is 9.87. The predicted octanol–water partition coefficient (Wildman–Crippen LogP) is 5.14. The molecule has 0 unspecified atom stereocenters. The molecule has 4 rings (SSSR count). The van der Waals surface area contributed by atoms with Crippen LogP contribution in [0.1, 0.15) is 24.8 Å². The second kappa shape index (κ2) is 9.95. The minimum Gasteiger partial charge on any atom is -0.450 e. The quantitative estimate of drug-likeness (QED) is 0.483. The van der Waals surface area contributed by atoms with Crippen molar-refractivity contribution >= 4 is 11.7 Å². The average molecular weight is 492 g/mol. The van der Waals surface area contributed by atoms with E-state index in [1.807, 2.05) is 0 Å². The Kier molecular flexibility index (Phi) is 6.97. The Bertz CT molecular complexity index is 1170. The van der Waals surface area contributed by atoms with E-state index in [0.717, 1.165) is 6.20 Å². The van der Waals surface area contributed by atoms with Crippen LogP contribution in [0.4, 0.5) is 27.8 Å². The summed E-state index contributed by atoms with van der Waals surface area (Å²) in [4.78, 5) is 22.3. The highest BCUT2D eigenvalue weighted by Gasteiger charge is 2.46. The zero-order valence-electron chi connectivity index (χ0n) is 18.5. The number of nitrogens with one attached hydrogen (secondary N) is 1. The van der Waals surface area contributed by atoms with Gasteiger partial charge in [-0.3, -0.25) is 14.7 Å². The van der Waals surface area contributed by atoms with E-state index in [-0.39, 0.29) is 24.7 Å². The van der Waals surface area contributed by atoms with Crippen LogP contribution in [0.25, 0.3) is 0 Å². The Balaban J connectivity index is 1.40. The Morgan fingerprint density at radius 1 is 1.14 bits per heavy atom. The van der Waals surface area contributed by atoms with Gasteiger partial charge in [-0.05, 0) is 36.8 Å². The van der Waals surface area contributed by atoms with Crippen LogP contribution in [0.15, 0.2) is 55.0 Å². The molecule has 1 aliphatic rings. The number of anilines is 1. The number of likely N-dealkylation sites (tertiary alicyclic amines) is 1. The highest BCUT2D eigenvalue weighted by molar-refractivity contribution is 5.93. The summed E-state index contributed by atoms with van der Waals surface area (Å²) in [6.07, 6.45) is 3.65. The maximum absolute atomic E-state index is 14.6. The molecule has 3 heterocycles. The Labute approximate surface area is 197 Å². The number of alkyl halides is 2. The molecule has 0 spiro atoms. The number of pyridine rings is 2. The maximum atomic E-state index is 14.6. The molecule has 0 aliphatic carbocycles. The largest absolute Gasteiger partial charge is 0.450 e. The number of benzene rings is 1. The first-order valence-corrected chi connectivity index (χ1v) is 10.7. The SMILES string of the molecule is C[C@@H](C(=O)Nc1ccc(Oc2c(F)cc(F)cc2F)cn1)N1CCC(F)(F)[C@@H](c2ccncc2)C1. The number of halogens is 5. The van der Waals surface area contributed by atoms with Crippen molar-refractivity contribution in [3.63, 3.8) is 0 Å². The molecular weight excluding hydrogens is 471 g/mol. The summed E-state index contributed by atoms with van der Waals surface area (Å²) in [5, 5.41) is 2.59. The van der Waals surface area contributed by atoms with Crippen molar-refractivity contribution in [1.82, 2.24) is 14.9 Å². The Morgan fingerprint density at radius 2 is 1.83 bits per heavy atom. The Hall–Kier alpha value is -3.60. The third kappa shape index (κ3) is 5.56. The standard InChI is InChI=1S/C24H21F5N4O2/c1-14(33-9-6-24(28,29)18(13-33)15-4-7-30-8-5-15)23(34)32-21-3-2-17(12-31-21)35-22-19(26)10-16(25)11-20(22)27/h2-5,7-8,10-12,14,18H,6,9,13H2,1H3,(H,31,32,34)/t14-,18+/m0/s1. The molecule has 1 aromatic carbocycles. The summed E-state index contributed by atoms with van der Waals surface area (Å²) in [6, 6.07) is 6.00. The van der Waals surface area contributed by atoms with Crippen LogP contribution in [0, 0.1) is 17.5 Å². The fourth-order valence-electron chi connectivity index (χ4n) is 3.88. The summed E-state index contributed by atoms with van der Waals surface area (Å²) in [6.45, 7) is 1.64. The molecule has 1 saturated heterocycles. The molecule has 1 amide bonds. The number of piperidine rings is 1. The highest BCUT2D eigenvalue weighted by Crippen LogP contribution is 2.40. The molecule has 1 fully saturated rings. The summed E-state index contributed by atoms with van der Waals surface area (Å²) >= 11 is 0. The number of aromatic nitrogens is 2. The van der Waals surface area contributed by atoms with Gasteiger partial charge in [0.15, 0.2) is 17.4 Å². The van der Waals surface area contributed by atoms with Gasteiger partial charge in [-0.15, -0.1) is 0 Å². The molecule has 0 bridgehead atoms. The number of carbonyl (C=O) groups excluding carboxylic acids is 1. The molecule has 2 atom stereocenters. The van der Waals surface area contributed by atoms with E-state index in [0.29, 0.717) is 17.7 Å². The molecule has 184 valence electrons. The number of rotatable bonds is 6. The number of hydrogen-bond acceptors (Lipinski definition) is 5. The van der Waals surface area contributed by atoms with Gasteiger partial charge >= 0.3 is 0 Å². The first-order chi connectivity index (χ1) is 16.6. The number of nitrogens with zero attached hydrogens (tertiary/aromatic N) is 3. The van der Waals surface area contributed by atoms with Gasteiger partial charge in [0.1, 0.15) is 17.4 Å². The van der Waals surface area contributed by atoms with E-state index in [4.69, 9.17) is 4.74 Å². The Morgan fingerprint density at radius 3 is 2.46 bits per heavy atom. The number of ether oxygens (including phenoxy) is 1. The molecule has 6 nitrogen and oxygen atoms in total. The van der Waals surface area contributed by atoms with Crippen molar-refractivity contribution < 1.29 is 31.5 Å². The van der Waals surface area contributed by atoms with E-state index in [1.165, 1.54) is 24.5 Å². The third-order valence-electron chi connectivity index (χ3n) is 5.87. The third-order valence-corrected chi connectivity index (χ3v) is 5.87. The van der Waals surface area contributed by atoms with Crippen LogP contribution in [-0.4, -0.2) is 45.8 Å². The van der Waals surface area contributed by atoms with Crippen molar-refractivity contribution in [2.24, 2.45) is 0 Å². The van der Waals surface area contributed by atoms with Crippen LogP contribution >= 0.6 is 0 Å². The summed E-state index contributed by atoms with van der Waals surface area (Å²) in [5.41, 5.74) is 0.452. The second-order valence-electron chi connectivity index (χ2n) is 8.18. The highest BCUT2D eigenvalue weighted by atomic mass is 19.3.